The molecule has 1 atom stereocenters. The zero-order valence-electron chi connectivity index (χ0n) is 15.1. The fraction of sp³-hybridized carbons (Fsp3) is 0.389. The predicted octanol–water partition coefficient (Wildman–Crippen LogP) is 3.26. The van der Waals surface area contributed by atoms with Gasteiger partial charge >= 0.3 is 12.1 Å². The van der Waals surface area contributed by atoms with Crippen LogP contribution in [0.1, 0.15) is 26.3 Å². The average Bonchev–Trinajstić information content (AvgIpc) is 2.81. The highest BCUT2D eigenvalue weighted by Crippen LogP contribution is 2.29. The first kappa shape index (κ1) is 19.8. The van der Waals surface area contributed by atoms with Crippen LogP contribution in [0.15, 0.2) is 30.3 Å². The summed E-state index contributed by atoms with van der Waals surface area (Å²) in [7, 11) is 1.68. The zero-order valence-corrected chi connectivity index (χ0v) is 15.9. The molecular formula is C18H22ClN3O4. The minimum Gasteiger partial charge on any atom is -0.480 e. The van der Waals surface area contributed by atoms with E-state index in [2.05, 4.69) is 10.4 Å². The van der Waals surface area contributed by atoms with Gasteiger partial charge in [-0.1, -0.05) is 41.9 Å². The van der Waals surface area contributed by atoms with Gasteiger partial charge in [0.25, 0.3) is 0 Å². The second kappa shape index (κ2) is 7.78. The number of aliphatic carboxylic acids is 1. The van der Waals surface area contributed by atoms with Gasteiger partial charge in [-0.15, -0.1) is 0 Å². The molecule has 8 heteroatoms. The van der Waals surface area contributed by atoms with Gasteiger partial charge in [0.15, 0.2) is 0 Å². The van der Waals surface area contributed by atoms with Crippen LogP contribution in [0.2, 0.25) is 5.15 Å². The minimum atomic E-state index is -1.20. The number of hydrogen-bond acceptors (Lipinski definition) is 4. The number of nitrogens with one attached hydrogen (secondary N) is 1. The van der Waals surface area contributed by atoms with E-state index in [9.17, 15) is 14.7 Å². The lowest BCUT2D eigenvalue weighted by Gasteiger charge is -2.22. The third kappa shape index (κ3) is 4.98. The molecule has 0 fully saturated rings. The molecule has 26 heavy (non-hydrogen) atoms. The Labute approximate surface area is 156 Å². The van der Waals surface area contributed by atoms with E-state index in [-0.39, 0.29) is 6.42 Å². The van der Waals surface area contributed by atoms with E-state index in [0.29, 0.717) is 16.4 Å². The molecule has 2 aromatic rings. The Bertz CT molecular complexity index is 797. The molecule has 0 spiro atoms. The van der Waals surface area contributed by atoms with Gasteiger partial charge in [0, 0.05) is 24.6 Å². The molecule has 7 nitrogen and oxygen atoms in total. The van der Waals surface area contributed by atoms with Gasteiger partial charge in [0.2, 0.25) is 0 Å². The first-order chi connectivity index (χ1) is 12.1. The fourth-order valence-corrected chi connectivity index (χ4v) is 2.61. The van der Waals surface area contributed by atoms with Crippen LogP contribution in [0.25, 0.3) is 11.3 Å². The van der Waals surface area contributed by atoms with E-state index in [0.717, 1.165) is 5.56 Å². The van der Waals surface area contributed by atoms with Crippen LogP contribution < -0.4 is 5.32 Å². The molecule has 0 aliphatic heterocycles. The Balaban J connectivity index is 2.29. The van der Waals surface area contributed by atoms with Crippen LogP contribution in [0.4, 0.5) is 4.79 Å². The Morgan fingerprint density at radius 2 is 1.92 bits per heavy atom. The Hall–Kier alpha value is -2.54. The molecule has 1 heterocycles. The molecule has 2 rings (SSSR count). The van der Waals surface area contributed by atoms with Gasteiger partial charge < -0.3 is 15.2 Å². The molecular weight excluding hydrogens is 358 g/mol. The molecule has 0 radical (unpaired) electrons. The maximum Gasteiger partial charge on any atom is 0.408 e. The summed E-state index contributed by atoms with van der Waals surface area (Å²) in [5.41, 5.74) is 1.21. The van der Waals surface area contributed by atoms with Crippen molar-refractivity contribution in [1.29, 1.82) is 0 Å². The van der Waals surface area contributed by atoms with E-state index in [1.807, 2.05) is 30.3 Å². The topological polar surface area (TPSA) is 93.5 Å². The monoisotopic (exact) mass is 379 g/mol. The number of carboxylic acid groups (broad SMARTS) is 1. The Kier molecular flexibility index (Phi) is 5.92. The van der Waals surface area contributed by atoms with Crippen LogP contribution in [0.5, 0.6) is 0 Å². The highest BCUT2D eigenvalue weighted by Gasteiger charge is 2.28. The summed E-state index contributed by atoms with van der Waals surface area (Å²) in [6.45, 7) is 5.11. The van der Waals surface area contributed by atoms with Gasteiger partial charge in [-0.05, 0) is 20.8 Å². The maximum atomic E-state index is 12.0. The number of amides is 1. The number of halogens is 1. The summed E-state index contributed by atoms with van der Waals surface area (Å²) in [6, 6.07) is 8.11. The van der Waals surface area contributed by atoms with Crippen LogP contribution >= 0.6 is 11.6 Å². The molecule has 0 aliphatic carbocycles. The van der Waals surface area contributed by atoms with Crippen molar-refractivity contribution >= 4 is 23.7 Å². The number of alkyl carbamates (subject to hydrolysis) is 1. The molecule has 1 unspecified atom stereocenters. The third-order valence-electron chi connectivity index (χ3n) is 3.51. The molecule has 2 N–H and O–H groups in total. The van der Waals surface area contributed by atoms with Gasteiger partial charge in [-0.25, -0.2) is 9.59 Å². The smallest absolute Gasteiger partial charge is 0.408 e. The van der Waals surface area contributed by atoms with Crippen molar-refractivity contribution in [3.05, 3.63) is 41.0 Å². The molecule has 0 saturated carbocycles. The van der Waals surface area contributed by atoms with E-state index in [4.69, 9.17) is 16.3 Å². The number of carbonyl (C=O) groups excluding carboxylic acids is 1. The quantitative estimate of drug-likeness (QED) is 0.831. The fourth-order valence-electron chi connectivity index (χ4n) is 2.41. The largest absolute Gasteiger partial charge is 0.480 e. The van der Waals surface area contributed by atoms with Gasteiger partial charge in [0.1, 0.15) is 16.8 Å². The first-order valence-electron chi connectivity index (χ1n) is 8.07. The van der Waals surface area contributed by atoms with Crippen molar-refractivity contribution in [2.45, 2.75) is 38.8 Å². The van der Waals surface area contributed by atoms with E-state index in [1.165, 1.54) is 4.68 Å². The summed E-state index contributed by atoms with van der Waals surface area (Å²) < 4.78 is 6.62. The van der Waals surface area contributed by atoms with Crippen molar-refractivity contribution in [2.75, 3.05) is 0 Å². The number of carboxylic acids is 1. The lowest BCUT2D eigenvalue weighted by atomic mass is 10.0. The molecule has 0 aliphatic rings. The van der Waals surface area contributed by atoms with Crippen molar-refractivity contribution in [3.8, 4) is 11.3 Å². The predicted molar refractivity (Wildman–Crippen MR) is 98.2 cm³/mol. The summed E-state index contributed by atoms with van der Waals surface area (Å²) in [5, 5.41) is 16.6. The van der Waals surface area contributed by atoms with Crippen molar-refractivity contribution in [2.24, 2.45) is 7.05 Å². The highest BCUT2D eigenvalue weighted by molar-refractivity contribution is 6.30. The number of carbonyl (C=O) groups is 2. The number of benzene rings is 1. The number of rotatable bonds is 5. The Morgan fingerprint density at radius 1 is 1.31 bits per heavy atom. The highest BCUT2D eigenvalue weighted by atomic mass is 35.5. The van der Waals surface area contributed by atoms with Crippen LogP contribution in [-0.2, 0) is 23.0 Å². The van der Waals surface area contributed by atoms with Crippen LogP contribution in [0, 0.1) is 0 Å². The number of nitrogens with zero attached hydrogens (tertiary/aromatic N) is 2. The van der Waals surface area contributed by atoms with Crippen molar-refractivity contribution in [1.82, 2.24) is 15.1 Å². The number of aromatic nitrogens is 2. The SMILES string of the molecule is Cn1nc(-c2ccccc2)c(CC(NC(=O)OC(C)(C)C)C(=O)O)c1Cl. The molecule has 1 amide bonds. The van der Waals surface area contributed by atoms with Gasteiger partial charge in [0.05, 0.1) is 5.69 Å². The lowest BCUT2D eigenvalue weighted by Crippen LogP contribution is -2.44. The summed E-state index contributed by atoms with van der Waals surface area (Å²) in [4.78, 5) is 23.6. The van der Waals surface area contributed by atoms with Crippen LogP contribution in [0.3, 0.4) is 0 Å². The molecule has 1 aromatic heterocycles. The summed E-state index contributed by atoms with van der Waals surface area (Å²) in [5.74, 6) is -1.19. The molecule has 140 valence electrons. The van der Waals surface area contributed by atoms with E-state index in [1.54, 1.807) is 27.8 Å². The third-order valence-corrected chi connectivity index (χ3v) is 3.99. The minimum absolute atomic E-state index is 0.0223. The van der Waals surface area contributed by atoms with Crippen molar-refractivity contribution in [3.63, 3.8) is 0 Å². The Morgan fingerprint density at radius 3 is 2.46 bits per heavy atom. The standard InChI is InChI=1S/C18H22ClN3O4/c1-18(2,3)26-17(25)20-13(16(23)24)10-12-14(21-22(4)15(12)19)11-8-6-5-7-9-11/h5-9,13H,10H2,1-4H3,(H,20,25)(H,23,24). The van der Waals surface area contributed by atoms with Gasteiger partial charge in [-0.2, -0.15) is 5.10 Å². The average molecular weight is 380 g/mol. The zero-order chi connectivity index (χ0) is 19.5. The first-order valence-corrected chi connectivity index (χ1v) is 8.45. The van der Waals surface area contributed by atoms with Gasteiger partial charge in [-0.3, -0.25) is 4.68 Å². The van der Waals surface area contributed by atoms with Crippen molar-refractivity contribution < 1.29 is 19.4 Å². The van der Waals surface area contributed by atoms with Crippen LogP contribution in [-0.4, -0.2) is 38.6 Å². The number of hydrogen-bond donors (Lipinski definition) is 2. The maximum absolute atomic E-state index is 12.0. The molecule has 0 saturated heterocycles. The number of aryl methyl sites for hydroxylation is 1. The number of ether oxygens (including phenoxy) is 1. The summed E-state index contributed by atoms with van der Waals surface area (Å²) >= 11 is 6.32. The second-order valence-electron chi connectivity index (χ2n) is 6.85. The molecule has 0 bridgehead atoms. The second-order valence-corrected chi connectivity index (χ2v) is 7.21. The molecule has 1 aromatic carbocycles. The van der Waals surface area contributed by atoms with E-state index >= 15 is 0 Å². The van der Waals surface area contributed by atoms with E-state index < -0.39 is 23.7 Å². The summed E-state index contributed by atoms with van der Waals surface area (Å²) in [6.07, 6.45) is -0.822. The normalized spacial score (nSPS) is 12.5. The lowest BCUT2D eigenvalue weighted by molar-refractivity contribution is -0.139.